The Morgan fingerprint density at radius 3 is 2.53 bits per heavy atom. The molecule has 0 bridgehead atoms. The highest BCUT2D eigenvalue weighted by Crippen LogP contribution is 2.36. The highest BCUT2D eigenvalue weighted by molar-refractivity contribution is 7.12. The Kier molecular flexibility index (Phi) is 8.92. The Hall–Kier alpha value is -3.42. The summed E-state index contributed by atoms with van der Waals surface area (Å²) in [5.41, 5.74) is 4.02. The van der Waals surface area contributed by atoms with Crippen LogP contribution >= 0.6 is 11.3 Å². The summed E-state index contributed by atoms with van der Waals surface area (Å²) < 4.78 is 15.7. The molecule has 6 nitrogen and oxygen atoms in total. The van der Waals surface area contributed by atoms with Crippen molar-refractivity contribution in [3.63, 3.8) is 0 Å². The Balaban J connectivity index is 0.000000543. The van der Waals surface area contributed by atoms with E-state index in [0.29, 0.717) is 30.0 Å². The minimum absolute atomic E-state index is 0.0711. The molecule has 0 saturated carbocycles. The topological polar surface area (TPSA) is 65.1 Å². The molecular weight excluding hydrogens is 474 g/mol. The van der Waals surface area contributed by atoms with Gasteiger partial charge in [0.15, 0.2) is 0 Å². The Morgan fingerprint density at radius 1 is 1.06 bits per heavy atom. The van der Waals surface area contributed by atoms with Gasteiger partial charge in [0, 0.05) is 30.9 Å². The lowest BCUT2D eigenvalue weighted by atomic mass is 9.99. The first-order chi connectivity index (χ1) is 17.6. The second-order valence-corrected chi connectivity index (χ2v) is 9.32. The zero-order valence-electron chi connectivity index (χ0n) is 20.7. The van der Waals surface area contributed by atoms with Crippen molar-refractivity contribution in [2.75, 3.05) is 38.4 Å². The maximum Gasteiger partial charge on any atom is 0.333 e. The molecule has 5 rings (SSSR count). The molecule has 2 aliphatic heterocycles. The van der Waals surface area contributed by atoms with E-state index in [0.717, 1.165) is 41.3 Å². The summed E-state index contributed by atoms with van der Waals surface area (Å²) in [6.07, 6.45) is 4.80. The van der Waals surface area contributed by atoms with Crippen LogP contribution < -0.4 is 9.64 Å². The summed E-state index contributed by atoms with van der Waals surface area (Å²) in [5.74, 6) is 0.344. The third-order valence-corrected chi connectivity index (χ3v) is 6.86. The number of benzene rings is 2. The maximum absolute atomic E-state index is 13.2. The van der Waals surface area contributed by atoms with E-state index in [1.165, 1.54) is 31.3 Å². The van der Waals surface area contributed by atoms with E-state index in [2.05, 4.69) is 0 Å². The number of para-hydroxylation sites is 1. The van der Waals surface area contributed by atoms with Crippen LogP contribution in [0.2, 0.25) is 0 Å². The fourth-order valence-corrected chi connectivity index (χ4v) is 4.90. The highest BCUT2D eigenvalue weighted by Gasteiger charge is 2.26. The van der Waals surface area contributed by atoms with Crippen LogP contribution in [-0.2, 0) is 14.3 Å². The number of carbonyl (C=O) groups excluding carboxylic acids is 2. The molecule has 1 saturated heterocycles. The van der Waals surface area contributed by atoms with Crippen LogP contribution in [0, 0.1) is 0 Å². The summed E-state index contributed by atoms with van der Waals surface area (Å²) in [6.45, 7) is 4.92. The van der Waals surface area contributed by atoms with Crippen LogP contribution in [0.4, 0.5) is 5.69 Å². The van der Waals surface area contributed by atoms with E-state index in [4.69, 9.17) is 14.2 Å². The normalized spacial score (nSPS) is 14.6. The SMILES string of the molecule is C1CCOC1.CCOc1ccccc1-c1ccc2c(c1)C=C(C(=O)OC)CCN2C(=O)c1cccs1. The van der Waals surface area contributed by atoms with Crippen molar-refractivity contribution in [3.8, 4) is 16.9 Å². The monoisotopic (exact) mass is 505 g/mol. The molecule has 1 aromatic heterocycles. The first kappa shape index (κ1) is 25.7. The van der Waals surface area contributed by atoms with Crippen molar-refractivity contribution in [1.29, 1.82) is 0 Å². The van der Waals surface area contributed by atoms with E-state index in [9.17, 15) is 9.59 Å². The molecule has 2 aliphatic rings. The fourth-order valence-electron chi connectivity index (χ4n) is 4.23. The van der Waals surface area contributed by atoms with Crippen molar-refractivity contribution < 1.29 is 23.8 Å². The molecular formula is C29H31NO5S. The molecule has 0 N–H and O–H groups in total. The number of amides is 1. The van der Waals surface area contributed by atoms with Gasteiger partial charge in [0.2, 0.25) is 0 Å². The van der Waals surface area contributed by atoms with E-state index in [-0.39, 0.29) is 11.9 Å². The van der Waals surface area contributed by atoms with Crippen LogP contribution in [0.1, 0.15) is 41.4 Å². The Bertz CT molecular complexity index is 1210. The maximum atomic E-state index is 13.2. The molecule has 0 unspecified atom stereocenters. The molecule has 0 spiro atoms. The van der Waals surface area contributed by atoms with Crippen molar-refractivity contribution in [3.05, 3.63) is 76.0 Å². The molecule has 3 aromatic rings. The number of carbonyl (C=O) groups is 2. The number of methoxy groups -OCH3 is 1. The molecule has 0 atom stereocenters. The fraction of sp³-hybridized carbons (Fsp3) is 0.310. The number of hydrogen-bond donors (Lipinski definition) is 0. The molecule has 1 amide bonds. The smallest absolute Gasteiger partial charge is 0.333 e. The zero-order valence-corrected chi connectivity index (χ0v) is 21.5. The van der Waals surface area contributed by atoms with E-state index >= 15 is 0 Å². The van der Waals surface area contributed by atoms with Crippen molar-refractivity contribution in [1.82, 2.24) is 0 Å². The van der Waals surface area contributed by atoms with Gasteiger partial charge in [0.05, 0.1) is 24.3 Å². The molecule has 36 heavy (non-hydrogen) atoms. The highest BCUT2D eigenvalue weighted by atomic mass is 32.1. The number of fused-ring (bicyclic) bond motifs is 1. The quantitative estimate of drug-likeness (QED) is 0.385. The lowest BCUT2D eigenvalue weighted by molar-refractivity contribution is -0.136. The number of anilines is 1. The van der Waals surface area contributed by atoms with Gasteiger partial charge in [-0.1, -0.05) is 30.3 Å². The second kappa shape index (κ2) is 12.5. The Morgan fingerprint density at radius 2 is 1.86 bits per heavy atom. The molecule has 0 radical (unpaired) electrons. The summed E-state index contributed by atoms with van der Waals surface area (Å²) in [4.78, 5) is 27.9. The van der Waals surface area contributed by atoms with Gasteiger partial charge in [0.1, 0.15) is 5.75 Å². The number of ether oxygens (including phenoxy) is 3. The first-order valence-corrected chi connectivity index (χ1v) is 13.1. The molecule has 7 heteroatoms. The van der Waals surface area contributed by atoms with Gasteiger partial charge < -0.3 is 19.1 Å². The molecule has 188 valence electrons. The Labute approximate surface area is 216 Å². The summed E-state index contributed by atoms with van der Waals surface area (Å²) >= 11 is 1.41. The minimum atomic E-state index is -0.378. The van der Waals surface area contributed by atoms with E-state index < -0.39 is 0 Å². The van der Waals surface area contributed by atoms with Crippen molar-refractivity contribution in [2.45, 2.75) is 26.2 Å². The first-order valence-electron chi connectivity index (χ1n) is 12.2. The number of rotatable bonds is 5. The van der Waals surface area contributed by atoms with Crippen LogP contribution in [0.25, 0.3) is 17.2 Å². The standard InChI is InChI=1S/C25H23NO4S.C4H8O/c1-3-30-22-8-5-4-7-20(22)17-10-11-21-19(15-17)16-18(25(28)29-2)12-13-26(21)24(27)23-9-6-14-31-23;1-2-4-5-3-1/h4-11,14-16H,3,12-13H2,1-2H3;1-4H2. The molecule has 0 aliphatic carbocycles. The van der Waals surface area contributed by atoms with E-state index in [1.807, 2.05) is 73.0 Å². The largest absolute Gasteiger partial charge is 0.493 e. The minimum Gasteiger partial charge on any atom is -0.493 e. The summed E-state index contributed by atoms with van der Waals surface area (Å²) in [7, 11) is 1.37. The van der Waals surface area contributed by atoms with Crippen LogP contribution in [0.3, 0.4) is 0 Å². The van der Waals surface area contributed by atoms with Gasteiger partial charge in [0.25, 0.3) is 5.91 Å². The van der Waals surface area contributed by atoms with Crippen molar-refractivity contribution >= 4 is 35.0 Å². The lowest BCUT2D eigenvalue weighted by Gasteiger charge is -2.23. The van der Waals surface area contributed by atoms with Gasteiger partial charge in [-0.25, -0.2) is 4.79 Å². The van der Waals surface area contributed by atoms with Crippen molar-refractivity contribution in [2.24, 2.45) is 0 Å². The van der Waals surface area contributed by atoms with Gasteiger partial charge in [-0.3, -0.25) is 4.79 Å². The predicted octanol–water partition coefficient (Wildman–Crippen LogP) is 6.22. The number of esters is 1. The predicted molar refractivity (Wildman–Crippen MR) is 144 cm³/mol. The summed E-state index contributed by atoms with van der Waals surface area (Å²) in [5, 5.41) is 1.89. The molecule has 3 heterocycles. The molecule has 2 aromatic carbocycles. The second-order valence-electron chi connectivity index (χ2n) is 8.37. The van der Waals surface area contributed by atoms with Crippen LogP contribution in [0.5, 0.6) is 5.75 Å². The number of thiophene rings is 1. The van der Waals surface area contributed by atoms with E-state index in [1.54, 1.807) is 4.90 Å². The average Bonchev–Trinajstić information content (AvgIpc) is 3.64. The average molecular weight is 506 g/mol. The van der Waals surface area contributed by atoms with Gasteiger partial charge in [-0.05, 0) is 73.0 Å². The third-order valence-electron chi connectivity index (χ3n) is 6.00. The lowest BCUT2D eigenvalue weighted by Crippen LogP contribution is -2.31. The van der Waals surface area contributed by atoms with Gasteiger partial charge in [-0.15, -0.1) is 11.3 Å². The number of hydrogen-bond acceptors (Lipinski definition) is 6. The number of nitrogens with zero attached hydrogens (tertiary/aromatic N) is 1. The summed E-state index contributed by atoms with van der Waals surface area (Å²) in [6, 6.07) is 17.5. The van der Waals surface area contributed by atoms with Gasteiger partial charge >= 0.3 is 5.97 Å². The van der Waals surface area contributed by atoms with Gasteiger partial charge in [-0.2, -0.15) is 0 Å². The van der Waals surface area contributed by atoms with Crippen LogP contribution in [0.15, 0.2) is 65.6 Å². The van der Waals surface area contributed by atoms with Crippen LogP contribution in [-0.4, -0.2) is 45.4 Å². The molecule has 1 fully saturated rings. The zero-order chi connectivity index (χ0) is 25.3. The third kappa shape index (κ3) is 6.04.